The Balaban J connectivity index is 1.90. The van der Waals surface area contributed by atoms with E-state index in [0.29, 0.717) is 0 Å². The topological polar surface area (TPSA) is 32.5 Å². The van der Waals surface area contributed by atoms with Crippen molar-refractivity contribution in [2.24, 2.45) is 11.7 Å². The first-order valence-corrected chi connectivity index (χ1v) is 7.39. The van der Waals surface area contributed by atoms with Crippen LogP contribution in [0.1, 0.15) is 18.4 Å². The zero-order valence-corrected chi connectivity index (χ0v) is 12.1. The van der Waals surface area contributed by atoms with Crippen molar-refractivity contribution in [2.75, 3.05) is 38.1 Å². The average Bonchev–Trinajstić information content (AvgIpc) is 2.84. The first kappa shape index (κ1) is 12.9. The average molecular weight is 259 g/mol. The molecular weight excluding hydrogens is 234 g/mol. The molecule has 1 aromatic rings. The highest BCUT2D eigenvalue weighted by atomic mass is 15.3. The van der Waals surface area contributed by atoms with E-state index in [0.717, 1.165) is 12.5 Å². The summed E-state index contributed by atoms with van der Waals surface area (Å²) in [6.07, 6.45) is 2.49. The summed E-state index contributed by atoms with van der Waals surface area (Å²) in [7, 11) is 2.23. The van der Waals surface area contributed by atoms with Gasteiger partial charge in [-0.05, 0) is 44.4 Å². The monoisotopic (exact) mass is 259 g/mol. The molecule has 0 aliphatic carbocycles. The van der Waals surface area contributed by atoms with Crippen LogP contribution in [0.2, 0.25) is 0 Å². The van der Waals surface area contributed by atoms with E-state index in [4.69, 9.17) is 5.73 Å². The smallest absolute Gasteiger partial charge is 0.0573 e. The first-order valence-electron chi connectivity index (χ1n) is 7.39. The Bertz CT molecular complexity index is 442. The molecule has 0 spiro atoms. The van der Waals surface area contributed by atoms with Crippen LogP contribution in [0, 0.1) is 12.8 Å². The van der Waals surface area contributed by atoms with E-state index >= 15 is 0 Å². The fourth-order valence-corrected chi connectivity index (χ4v) is 3.90. The second-order valence-electron chi connectivity index (χ2n) is 6.24. The number of benzene rings is 1. The number of piperidine rings is 1. The van der Waals surface area contributed by atoms with E-state index in [9.17, 15) is 0 Å². The minimum absolute atomic E-state index is 0.155. The third kappa shape index (κ3) is 2.05. The molecule has 2 aliphatic rings. The SMILES string of the molecule is Cc1ccc(N(C)C2(CN)CCN3CCC2C3)cc1. The van der Waals surface area contributed by atoms with Gasteiger partial charge in [-0.1, -0.05) is 17.7 Å². The number of nitrogens with two attached hydrogens (primary N) is 1. The highest BCUT2D eigenvalue weighted by Crippen LogP contribution is 2.40. The summed E-state index contributed by atoms with van der Waals surface area (Å²) in [5, 5.41) is 0. The van der Waals surface area contributed by atoms with Crippen LogP contribution in [0.25, 0.3) is 0 Å². The van der Waals surface area contributed by atoms with Gasteiger partial charge in [-0.2, -0.15) is 0 Å². The van der Waals surface area contributed by atoms with Gasteiger partial charge in [0.2, 0.25) is 0 Å². The third-order valence-electron chi connectivity index (χ3n) is 5.34. The Morgan fingerprint density at radius 3 is 2.74 bits per heavy atom. The lowest BCUT2D eigenvalue weighted by molar-refractivity contribution is 0.168. The molecule has 0 saturated carbocycles. The molecule has 1 aromatic carbocycles. The van der Waals surface area contributed by atoms with E-state index in [-0.39, 0.29) is 5.54 Å². The molecule has 2 heterocycles. The van der Waals surface area contributed by atoms with Crippen LogP contribution in [-0.2, 0) is 0 Å². The van der Waals surface area contributed by atoms with Gasteiger partial charge in [0.25, 0.3) is 0 Å². The number of nitrogens with zero attached hydrogens (tertiary/aromatic N) is 2. The van der Waals surface area contributed by atoms with Crippen molar-refractivity contribution in [3.8, 4) is 0 Å². The Kier molecular flexibility index (Phi) is 3.27. The molecule has 3 unspecified atom stereocenters. The van der Waals surface area contributed by atoms with Gasteiger partial charge in [0, 0.05) is 32.4 Å². The predicted molar refractivity (Wildman–Crippen MR) is 80.5 cm³/mol. The molecule has 104 valence electrons. The van der Waals surface area contributed by atoms with E-state index in [1.807, 2.05) is 0 Å². The number of hydrogen-bond donors (Lipinski definition) is 1. The second kappa shape index (κ2) is 4.80. The van der Waals surface area contributed by atoms with E-state index < -0.39 is 0 Å². The maximum absolute atomic E-state index is 6.23. The van der Waals surface area contributed by atoms with Gasteiger partial charge in [-0.15, -0.1) is 0 Å². The number of anilines is 1. The van der Waals surface area contributed by atoms with Gasteiger partial charge >= 0.3 is 0 Å². The van der Waals surface area contributed by atoms with Crippen LogP contribution in [-0.4, -0.2) is 43.7 Å². The minimum atomic E-state index is 0.155. The summed E-state index contributed by atoms with van der Waals surface area (Å²) in [5.74, 6) is 0.720. The van der Waals surface area contributed by atoms with E-state index in [1.165, 1.54) is 43.7 Å². The number of likely N-dealkylation sites (N-methyl/N-ethyl adjacent to an activating group) is 1. The highest BCUT2D eigenvalue weighted by molar-refractivity contribution is 5.50. The Hall–Kier alpha value is -1.06. The fraction of sp³-hybridized carbons (Fsp3) is 0.625. The molecular formula is C16H25N3. The molecule has 2 aliphatic heterocycles. The van der Waals surface area contributed by atoms with Gasteiger partial charge in [-0.3, -0.25) is 0 Å². The lowest BCUT2D eigenvalue weighted by Crippen LogP contribution is -2.61. The molecule has 2 bridgehead atoms. The van der Waals surface area contributed by atoms with Crippen LogP contribution in [0.4, 0.5) is 5.69 Å². The Labute approximate surface area is 116 Å². The lowest BCUT2D eigenvalue weighted by Gasteiger charge is -2.49. The van der Waals surface area contributed by atoms with Crippen LogP contribution in [0.15, 0.2) is 24.3 Å². The summed E-state index contributed by atoms with van der Waals surface area (Å²) in [5.41, 5.74) is 9.00. The maximum Gasteiger partial charge on any atom is 0.0573 e. The number of hydrogen-bond acceptors (Lipinski definition) is 3. The predicted octanol–water partition coefficient (Wildman–Crippen LogP) is 1.85. The maximum atomic E-state index is 6.23. The molecule has 2 N–H and O–H groups in total. The van der Waals surface area contributed by atoms with E-state index in [2.05, 4.69) is 48.0 Å². The van der Waals surface area contributed by atoms with Crippen LogP contribution in [0.5, 0.6) is 0 Å². The largest absolute Gasteiger partial charge is 0.367 e. The van der Waals surface area contributed by atoms with Crippen molar-refractivity contribution in [2.45, 2.75) is 25.3 Å². The molecule has 2 saturated heterocycles. The molecule has 19 heavy (non-hydrogen) atoms. The summed E-state index contributed by atoms with van der Waals surface area (Å²) in [6, 6.07) is 8.85. The molecule has 3 nitrogen and oxygen atoms in total. The Morgan fingerprint density at radius 2 is 2.05 bits per heavy atom. The van der Waals surface area contributed by atoms with Crippen LogP contribution < -0.4 is 10.6 Å². The standard InChI is InChI=1S/C16H25N3/c1-13-3-5-15(6-4-13)18(2)16(12-17)8-10-19-9-7-14(16)11-19/h3-6,14H,7-12,17H2,1-2H3. The van der Waals surface area contributed by atoms with Crippen molar-refractivity contribution in [3.05, 3.63) is 29.8 Å². The third-order valence-corrected chi connectivity index (χ3v) is 5.34. The molecule has 2 fully saturated rings. The number of rotatable bonds is 3. The summed E-state index contributed by atoms with van der Waals surface area (Å²) >= 11 is 0. The normalized spacial score (nSPS) is 33.4. The van der Waals surface area contributed by atoms with Crippen LogP contribution in [0.3, 0.4) is 0 Å². The highest BCUT2D eigenvalue weighted by Gasteiger charge is 2.47. The fourth-order valence-electron chi connectivity index (χ4n) is 3.90. The van der Waals surface area contributed by atoms with Gasteiger partial charge in [0.05, 0.1) is 5.54 Å². The molecule has 3 rings (SSSR count). The quantitative estimate of drug-likeness (QED) is 0.899. The van der Waals surface area contributed by atoms with Crippen molar-refractivity contribution in [3.63, 3.8) is 0 Å². The van der Waals surface area contributed by atoms with Crippen molar-refractivity contribution < 1.29 is 0 Å². The zero-order chi connectivity index (χ0) is 13.5. The van der Waals surface area contributed by atoms with E-state index in [1.54, 1.807) is 0 Å². The van der Waals surface area contributed by atoms with Crippen molar-refractivity contribution >= 4 is 5.69 Å². The van der Waals surface area contributed by atoms with Gasteiger partial charge < -0.3 is 15.5 Å². The number of fused-ring (bicyclic) bond motifs is 2. The number of aryl methyl sites for hydroxylation is 1. The summed E-state index contributed by atoms with van der Waals surface area (Å²) in [6.45, 7) is 6.58. The molecule has 3 heteroatoms. The first-order chi connectivity index (χ1) is 9.15. The molecule has 0 aromatic heterocycles. The zero-order valence-electron chi connectivity index (χ0n) is 12.1. The van der Waals surface area contributed by atoms with Crippen LogP contribution >= 0.6 is 0 Å². The summed E-state index contributed by atoms with van der Waals surface area (Å²) < 4.78 is 0. The molecule has 3 atom stereocenters. The molecule has 0 radical (unpaired) electrons. The van der Waals surface area contributed by atoms with Crippen molar-refractivity contribution in [1.29, 1.82) is 0 Å². The Morgan fingerprint density at radius 1 is 1.32 bits per heavy atom. The summed E-state index contributed by atoms with van der Waals surface area (Å²) in [4.78, 5) is 5.04. The minimum Gasteiger partial charge on any atom is -0.367 e. The lowest BCUT2D eigenvalue weighted by atomic mass is 9.77. The van der Waals surface area contributed by atoms with Gasteiger partial charge in [0.1, 0.15) is 0 Å². The van der Waals surface area contributed by atoms with Crippen molar-refractivity contribution in [1.82, 2.24) is 4.90 Å². The van der Waals surface area contributed by atoms with Gasteiger partial charge in [0.15, 0.2) is 0 Å². The van der Waals surface area contributed by atoms with Gasteiger partial charge in [-0.25, -0.2) is 0 Å². The second-order valence-corrected chi connectivity index (χ2v) is 6.24. The molecule has 0 amide bonds.